The van der Waals surface area contributed by atoms with Crippen LogP contribution >= 0.6 is 0 Å². The number of anilines is 2. The molecule has 0 atom stereocenters. The van der Waals surface area contributed by atoms with Crippen LogP contribution in [0.25, 0.3) is 0 Å². The number of hydrogen-bond acceptors (Lipinski definition) is 5. The van der Waals surface area contributed by atoms with Crippen molar-refractivity contribution in [3.63, 3.8) is 0 Å². The average Bonchev–Trinajstić information content (AvgIpc) is 2.79. The van der Waals surface area contributed by atoms with E-state index in [1.54, 1.807) is 26.0 Å². The van der Waals surface area contributed by atoms with Crippen LogP contribution in [0.15, 0.2) is 48.5 Å². The number of nitrogens with one attached hydrogen (secondary N) is 2. The van der Waals surface area contributed by atoms with Gasteiger partial charge in [-0.2, -0.15) is 0 Å². The lowest BCUT2D eigenvalue weighted by Crippen LogP contribution is -2.40. The predicted molar refractivity (Wildman–Crippen MR) is 147 cm³/mol. The molecule has 37 heavy (non-hydrogen) atoms. The topological polar surface area (TPSA) is 97.0 Å². The second-order valence-corrected chi connectivity index (χ2v) is 11.0. The number of carbonyl (C=O) groups excluding carboxylic acids is 3. The SMILES string of the molecule is CCOC(=O)N(CC)C(=O)Nc1ccc(Cc2ccc(NC(=O)OCC(C)(C)CC(C)(C)C)cc2)cc1. The molecule has 0 aliphatic rings. The van der Waals surface area contributed by atoms with Crippen LogP contribution in [0.1, 0.15) is 66.0 Å². The number of carbonyl (C=O) groups is 3. The Bertz CT molecular complexity index is 1040. The summed E-state index contributed by atoms with van der Waals surface area (Å²) in [6.45, 7) is 14.9. The van der Waals surface area contributed by atoms with Crippen LogP contribution in [0.2, 0.25) is 0 Å². The summed E-state index contributed by atoms with van der Waals surface area (Å²) in [6.07, 6.45) is 0.496. The van der Waals surface area contributed by atoms with Gasteiger partial charge in [-0.15, -0.1) is 0 Å². The van der Waals surface area contributed by atoms with Gasteiger partial charge in [0.25, 0.3) is 0 Å². The van der Waals surface area contributed by atoms with Gasteiger partial charge in [-0.25, -0.2) is 19.3 Å². The Kier molecular flexibility index (Phi) is 10.5. The standard InChI is InChI=1S/C29H41N3O5/c1-8-32(27(35)36-9-2)25(33)30-23-14-10-21(11-15-23)18-22-12-16-24(17-13-22)31-26(34)37-20-29(6,7)19-28(3,4)5/h10-17H,8-9,18-20H2,1-7H3,(H,30,33)(H,31,34). The molecular formula is C29H41N3O5. The van der Waals surface area contributed by atoms with E-state index < -0.39 is 18.2 Å². The van der Waals surface area contributed by atoms with Crippen LogP contribution < -0.4 is 10.6 Å². The lowest BCUT2D eigenvalue weighted by Gasteiger charge is -2.31. The van der Waals surface area contributed by atoms with Crippen LogP contribution in [0.3, 0.4) is 0 Å². The molecule has 8 heteroatoms. The van der Waals surface area contributed by atoms with Crippen molar-refractivity contribution in [1.29, 1.82) is 0 Å². The maximum Gasteiger partial charge on any atom is 0.417 e. The van der Waals surface area contributed by atoms with Gasteiger partial charge in [0.2, 0.25) is 0 Å². The first kappa shape index (κ1) is 29.7. The summed E-state index contributed by atoms with van der Waals surface area (Å²) in [7, 11) is 0. The van der Waals surface area contributed by atoms with E-state index in [0.717, 1.165) is 22.4 Å². The van der Waals surface area contributed by atoms with E-state index in [1.807, 2.05) is 36.4 Å². The number of hydrogen-bond donors (Lipinski definition) is 2. The highest BCUT2D eigenvalue weighted by Crippen LogP contribution is 2.33. The fourth-order valence-corrected chi connectivity index (χ4v) is 4.30. The summed E-state index contributed by atoms with van der Waals surface area (Å²) in [4.78, 5) is 37.5. The molecule has 0 aliphatic carbocycles. The van der Waals surface area contributed by atoms with Crippen molar-refractivity contribution in [2.75, 3.05) is 30.4 Å². The van der Waals surface area contributed by atoms with E-state index in [-0.39, 0.29) is 24.0 Å². The van der Waals surface area contributed by atoms with Gasteiger partial charge in [0.15, 0.2) is 0 Å². The predicted octanol–water partition coefficient (Wildman–Crippen LogP) is 7.30. The van der Waals surface area contributed by atoms with Gasteiger partial charge >= 0.3 is 18.2 Å². The second-order valence-electron chi connectivity index (χ2n) is 11.0. The van der Waals surface area contributed by atoms with Crippen molar-refractivity contribution in [1.82, 2.24) is 4.90 Å². The van der Waals surface area contributed by atoms with Crippen LogP contribution in [0.4, 0.5) is 25.8 Å². The average molecular weight is 512 g/mol. The Hall–Kier alpha value is -3.55. The summed E-state index contributed by atoms with van der Waals surface area (Å²) in [5, 5.41) is 5.50. The second kappa shape index (κ2) is 13.1. The molecule has 4 amide bonds. The Balaban J connectivity index is 1.87. The maximum absolute atomic E-state index is 12.4. The van der Waals surface area contributed by atoms with Gasteiger partial charge in [-0.1, -0.05) is 58.9 Å². The summed E-state index contributed by atoms with van der Waals surface area (Å²) in [6, 6.07) is 14.5. The zero-order valence-corrected chi connectivity index (χ0v) is 23.1. The third kappa shape index (κ3) is 10.5. The van der Waals surface area contributed by atoms with Crippen LogP contribution in [0, 0.1) is 10.8 Å². The highest BCUT2D eigenvalue weighted by molar-refractivity contribution is 5.99. The first-order valence-electron chi connectivity index (χ1n) is 12.7. The van der Waals surface area contributed by atoms with E-state index in [0.29, 0.717) is 24.4 Å². The minimum Gasteiger partial charge on any atom is -0.449 e. The maximum atomic E-state index is 12.4. The molecule has 202 valence electrons. The zero-order chi connectivity index (χ0) is 27.6. The number of urea groups is 1. The molecule has 2 N–H and O–H groups in total. The fourth-order valence-electron chi connectivity index (χ4n) is 4.30. The molecule has 0 unspecified atom stereocenters. The molecule has 2 aromatic rings. The zero-order valence-electron chi connectivity index (χ0n) is 23.1. The van der Waals surface area contributed by atoms with E-state index in [2.05, 4.69) is 45.3 Å². The molecule has 0 heterocycles. The molecule has 0 aromatic heterocycles. The monoisotopic (exact) mass is 511 g/mol. The van der Waals surface area contributed by atoms with Crippen LogP contribution in [-0.2, 0) is 15.9 Å². The Morgan fingerprint density at radius 3 is 1.76 bits per heavy atom. The molecule has 0 radical (unpaired) electrons. The van der Waals surface area contributed by atoms with Crippen molar-refractivity contribution >= 4 is 29.6 Å². The largest absolute Gasteiger partial charge is 0.449 e. The van der Waals surface area contributed by atoms with Gasteiger partial charge in [-0.05, 0) is 72.9 Å². The van der Waals surface area contributed by atoms with Crippen molar-refractivity contribution < 1.29 is 23.9 Å². The number of nitrogens with zero attached hydrogens (tertiary/aromatic N) is 1. The quantitative estimate of drug-likeness (QED) is 0.368. The van der Waals surface area contributed by atoms with Crippen LogP contribution in [-0.4, -0.2) is 42.9 Å². The van der Waals surface area contributed by atoms with Gasteiger partial charge in [-0.3, -0.25) is 5.32 Å². The van der Waals surface area contributed by atoms with Gasteiger partial charge in [0, 0.05) is 17.9 Å². The third-order valence-corrected chi connectivity index (χ3v) is 5.47. The van der Waals surface area contributed by atoms with Gasteiger partial charge < -0.3 is 14.8 Å². The highest BCUT2D eigenvalue weighted by atomic mass is 16.6. The molecule has 2 rings (SSSR count). The number of amides is 4. The minimum atomic E-state index is -0.672. The molecule has 0 spiro atoms. The lowest BCUT2D eigenvalue weighted by atomic mass is 9.77. The van der Waals surface area contributed by atoms with E-state index >= 15 is 0 Å². The molecule has 0 saturated heterocycles. The molecule has 0 aliphatic heterocycles. The smallest absolute Gasteiger partial charge is 0.417 e. The van der Waals surface area contributed by atoms with Crippen LogP contribution in [0.5, 0.6) is 0 Å². The first-order valence-corrected chi connectivity index (χ1v) is 12.7. The molecule has 8 nitrogen and oxygen atoms in total. The Morgan fingerprint density at radius 2 is 1.30 bits per heavy atom. The van der Waals surface area contributed by atoms with Crippen molar-refractivity contribution in [2.24, 2.45) is 10.8 Å². The van der Waals surface area contributed by atoms with E-state index in [9.17, 15) is 14.4 Å². The molecule has 2 aromatic carbocycles. The van der Waals surface area contributed by atoms with Crippen molar-refractivity contribution in [2.45, 2.75) is 61.3 Å². The van der Waals surface area contributed by atoms with Crippen molar-refractivity contribution in [3.8, 4) is 0 Å². The third-order valence-electron chi connectivity index (χ3n) is 5.47. The summed E-state index contributed by atoms with van der Waals surface area (Å²) in [5.74, 6) is 0. The summed E-state index contributed by atoms with van der Waals surface area (Å²) >= 11 is 0. The minimum absolute atomic E-state index is 0.103. The highest BCUT2D eigenvalue weighted by Gasteiger charge is 2.27. The molecular weight excluding hydrogens is 470 g/mol. The van der Waals surface area contributed by atoms with E-state index in [1.165, 1.54) is 0 Å². The number of benzene rings is 2. The normalized spacial score (nSPS) is 11.4. The van der Waals surface area contributed by atoms with E-state index in [4.69, 9.17) is 9.47 Å². The number of ether oxygens (including phenoxy) is 2. The summed E-state index contributed by atoms with van der Waals surface area (Å²) in [5.41, 5.74) is 3.43. The number of rotatable bonds is 9. The Morgan fingerprint density at radius 1 is 0.784 bits per heavy atom. The van der Waals surface area contributed by atoms with Gasteiger partial charge in [0.1, 0.15) is 0 Å². The fraction of sp³-hybridized carbons (Fsp3) is 0.483. The first-order chi connectivity index (χ1) is 17.3. The number of imide groups is 1. The molecule has 0 saturated carbocycles. The Labute approximate surface area is 220 Å². The summed E-state index contributed by atoms with van der Waals surface area (Å²) < 4.78 is 10.4. The van der Waals surface area contributed by atoms with Crippen molar-refractivity contribution in [3.05, 3.63) is 59.7 Å². The molecule has 0 fully saturated rings. The lowest BCUT2D eigenvalue weighted by molar-refractivity contribution is 0.0833. The molecule has 0 bridgehead atoms. The van der Waals surface area contributed by atoms with Gasteiger partial charge in [0.05, 0.1) is 13.2 Å².